The van der Waals surface area contributed by atoms with Gasteiger partial charge in [0, 0.05) is 5.69 Å². The molecule has 0 N–H and O–H groups in total. The average molecular weight is 491 g/mol. The van der Waals surface area contributed by atoms with Gasteiger partial charge in [-0.1, -0.05) is 60.3 Å². The first-order valence-corrected chi connectivity index (χ1v) is 12.2. The summed E-state index contributed by atoms with van der Waals surface area (Å²) in [5.74, 6) is 0.792. The van der Waals surface area contributed by atoms with Crippen LogP contribution < -0.4 is 4.90 Å². The maximum absolute atomic E-state index is 13.2. The number of carbonyl (C=O) groups excluding carboxylic acids is 2. The predicted octanol–water partition coefficient (Wildman–Crippen LogP) is 4.58. The molecule has 0 radical (unpaired) electrons. The summed E-state index contributed by atoms with van der Waals surface area (Å²) in [5.41, 5.74) is 2.56. The Labute approximate surface area is 207 Å². The Bertz CT molecular complexity index is 1270. The first-order valence-electron chi connectivity index (χ1n) is 11.2. The molecule has 0 atom stereocenters. The summed E-state index contributed by atoms with van der Waals surface area (Å²) >= 11 is 1.28. The van der Waals surface area contributed by atoms with E-state index in [-0.39, 0.29) is 24.8 Å². The van der Waals surface area contributed by atoms with Crippen molar-refractivity contribution in [3.63, 3.8) is 0 Å². The first kappa shape index (κ1) is 24.3. The lowest BCUT2D eigenvalue weighted by atomic mass is 10.2. The zero-order chi connectivity index (χ0) is 24.6. The number of nitrogens with zero attached hydrogens (tertiary/aromatic N) is 4. The third-order valence-corrected chi connectivity index (χ3v) is 6.24. The van der Waals surface area contributed by atoms with Gasteiger partial charge in [0.1, 0.15) is 12.3 Å². The van der Waals surface area contributed by atoms with Crippen LogP contribution in [0.2, 0.25) is 0 Å². The molecule has 0 spiro atoms. The van der Waals surface area contributed by atoms with Crippen molar-refractivity contribution in [2.45, 2.75) is 25.5 Å². The van der Waals surface area contributed by atoms with Crippen molar-refractivity contribution in [3.05, 3.63) is 84.3 Å². The Hall–Kier alpha value is -3.85. The van der Waals surface area contributed by atoms with E-state index >= 15 is 0 Å². The van der Waals surface area contributed by atoms with E-state index in [9.17, 15) is 9.59 Å². The fourth-order valence-electron chi connectivity index (χ4n) is 3.59. The lowest BCUT2D eigenvalue weighted by Gasteiger charge is -2.21. The van der Waals surface area contributed by atoms with Crippen LogP contribution >= 0.6 is 11.8 Å². The van der Waals surface area contributed by atoms with Gasteiger partial charge in [-0.25, -0.2) is 0 Å². The van der Waals surface area contributed by atoms with Crippen LogP contribution in [0.5, 0.6) is 0 Å². The standard InChI is InChI=1S/C26H26N4O4S/c1-3-33-24(32)17-29(21-12-8-5-9-13-21)23(31)18-35-26-28-27-25(22-14-15-34-19(22)2)30(26)16-20-10-6-4-7-11-20/h4-15H,3,16-18H2,1-2H3. The Morgan fingerprint density at radius 3 is 2.40 bits per heavy atom. The summed E-state index contributed by atoms with van der Waals surface area (Å²) in [4.78, 5) is 26.8. The van der Waals surface area contributed by atoms with E-state index in [1.54, 1.807) is 25.3 Å². The molecule has 2 aromatic heterocycles. The summed E-state index contributed by atoms with van der Waals surface area (Å²) in [6.45, 7) is 4.24. The number of benzene rings is 2. The molecule has 0 bridgehead atoms. The number of esters is 1. The van der Waals surface area contributed by atoms with Crippen LogP contribution in [0.4, 0.5) is 5.69 Å². The van der Waals surface area contributed by atoms with E-state index < -0.39 is 5.97 Å². The fourth-order valence-corrected chi connectivity index (χ4v) is 4.41. The van der Waals surface area contributed by atoms with Crippen LogP contribution in [0.1, 0.15) is 18.2 Å². The third-order valence-electron chi connectivity index (χ3n) is 5.29. The maximum atomic E-state index is 13.2. The van der Waals surface area contributed by atoms with Crippen molar-refractivity contribution in [1.82, 2.24) is 14.8 Å². The Balaban J connectivity index is 1.58. The molecule has 0 unspecified atom stereocenters. The summed E-state index contributed by atoms with van der Waals surface area (Å²) < 4.78 is 12.5. The van der Waals surface area contributed by atoms with Gasteiger partial charge in [0.2, 0.25) is 5.91 Å². The highest BCUT2D eigenvalue weighted by atomic mass is 32.2. The van der Waals surface area contributed by atoms with Crippen molar-refractivity contribution >= 4 is 29.3 Å². The molecule has 0 saturated heterocycles. The number of hydrogen-bond acceptors (Lipinski definition) is 7. The molecule has 0 saturated carbocycles. The van der Waals surface area contributed by atoms with Crippen molar-refractivity contribution in [1.29, 1.82) is 0 Å². The number of amides is 1. The van der Waals surface area contributed by atoms with Crippen LogP contribution in [0.25, 0.3) is 11.4 Å². The van der Waals surface area contributed by atoms with E-state index in [2.05, 4.69) is 10.2 Å². The first-order chi connectivity index (χ1) is 17.1. The van der Waals surface area contributed by atoms with Gasteiger partial charge in [0.05, 0.1) is 30.7 Å². The molecule has 4 rings (SSSR count). The zero-order valence-corrected chi connectivity index (χ0v) is 20.4. The highest BCUT2D eigenvalue weighted by Gasteiger charge is 2.23. The second-order valence-electron chi connectivity index (χ2n) is 7.68. The molecular weight excluding hydrogens is 464 g/mol. The molecule has 2 aromatic carbocycles. The second-order valence-corrected chi connectivity index (χ2v) is 8.62. The number of aryl methyl sites for hydroxylation is 1. The van der Waals surface area contributed by atoms with Gasteiger partial charge in [-0.3, -0.25) is 14.2 Å². The predicted molar refractivity (Wildman–Crippen MR) is 134 cm³/mol. The van der Waals surface area contributed by atoms with Crippen molar-refractivity contribution < 1.29 is 18.7 Å². The van der Waals surface area contributed by atoms with Crippen LogP contribution in [0.15, 0.2) is 82.6 Å². The lowest BCUT2D eigenvalue weighted by molar-refractivity contribution is -0.142. The number of thioether (sulfide) groups is 1. The van der Waals surface area contributed by atoms with Crippen LogP contribution in [-0.2, 0) is 20.9 Å². The summed E-state index contributed by atoms with van der Waals surface area (Å²) in [5, 5.41) is 9.38. The highest BCUT2D eigenvalue weighted by molar-refractivity contribution is 7.99. The zero-order valence-electron chi connectivity index (χ0n) is 19.6. The fraction of sp³-hybridized carbons (Fsp3) is 0.231. The number of carbonyl (C=O) groups is 2. The van der Waals surface area contributed by atoms with Crippen LogP contribution in [0.3, 0.4) is 0 Å². The minimum atomic E-state index is -0.459. The average Bonchev–Trinajstić information content (AvgIpc) is 3.47. The Morgan fingerprint density at radius 1 is 1.03 bits per heavy atom. The number of furan rings is 1. The molecule has 180 valence electrons. The van der Waals surface area contributed by atoms with Gasteiger partial charge in [-0.05, 0) is 37.6 Å². The van der Waals surface area contributed by atoms with Crippen molar-refractivity contribution in [2.75, 3.05) is 23.8 Å². The third kappa shape index (κ3) is 5.99. The minimum Gasteiger partial charge on any atom is -0.469 e. The van der Waals surface area contributed by atoms with Crippen LogP contribution in [0, 0.1) is 6.92 Å². The van der Waals surface area contributed by atoms with E-state index in [0.717, 1.165) is 16.9 Å². The molecule has 35 heavy (non-hydrogen) atoms. The van der Waals surface area contributed by atoms with Crippen molar-refractivity contribution in [2.24, 2.45) is 0 Å². The molecular formula is C26H26N4O4S. The number of rotatable bonds is 10. The molecule has 4 aromatic rings. The number of ether oxygens (including phenoxy) is 1. The monoisotopic (exact) mass is 490 g/mol. The summed E-state index contributed by atoms with van der Waals surface area (Å²) in [7, 11) is 0. The largest absolute Gasteiger partial charge is 0.469 e. The summed E-state index contributed by atoms with van der Waals surface area (Å²) in [6, 6.07) is 20.9. The number of anilines is 1. The smallest absolute Gasteiger partial charge is 0.326 e. The van der Waals surface area contributed by atoms with Gasteiger partial charge in [-0.15, -0.1) is 10.2 Å². The SMILES string of the molecule is CCOC(=O)CN(C(=O)CSc1nnc(-c2ccoc2C)n1Cc1ccccc1)c1ccccc1. The van der Waals surface area contributed by atoms with Gasteiger partial charge in [-0.2, -0.15) is 0 Å². The minimum absolute atomic E-state index is 0.0750. The summed E-state index contributed by atoms with van der Waals surface area (Å²) in [6.07, 6.45) is 1.62. The van der Waals surface area contributed by atoms with E-state index in [1.165, 1.54) is 16.7 Å². The molecule has 8 nitrogen and oxygen atoms in total. The van der Waals surface area contributed by atoms with Gasteiger partial charge in [0.25, 0.3) is 0 Å². The topological polar surface area (TPSA) is 90.5 Å². The maximum Gasteiger partial charge on any atom is 0.326 e. The van der Waals surface area contributed by atoms with Crippen LogP contribution in [-0.4, -0.2) is 45.5 Å². The highest BCUT2D eigenvalue weighted by Crippen LogP contribution is 2.28. The molecule has 9 heteroatoms. The molecule has 0 aliphatic carbocycles. The van der Waals surface area contributed by atoms with Gasteiger partial charge >= 0.3 is 5.97 Å². The molecule has 1 amide bonds. The van der Waals surface area contributed by atoms with E-state index in [4.69, 9.17) is 9.15 Å². The molecule has 2 heterocycles. The molecule has 0 aliphatic rings. The number of hydrogen-bond donors (Lipinski definition) is 0. The van der Waals surface area contributed by atoms with Crippen molar-refractivity contribution in [3.8, 4) is 11.4 Å². The van der Waals surface area contributed by atoms with E-state index in [0.29, 0.717) is 23.2 Å². The number of para-hydroxylation sites is 1. The number of aromatic nitrogens is 3. The lowest BCUT2D eigenvalue weighted by Crippen LogP contribution is -2.37. The van der Waals surface area contributed by atoms with Gasteiger partial charge in [0.15, 0.2) is 11.0 Å². The van der Waals surface area contributed by atoms with Gasteiger partial charge < -0.3 is 14.1 Å². The normalized spacial score (nSPS) is 10.8. The molecule has 0 fully saturated rings. The van der Waals surface area contributed by atoms with E-state index in [1.807, 2.05) is 66.1 Å². The molecule has 0 aliphatic heterocycles. The second kappa shape index (κ2) is 11.5. The Kier molecular flexibility index (Phi) is 7.99. The Morgan fingerprint density at radius 2 is 1.74 bits per heavy atom. The quantitative estimate of drug-likeness (QED) is 0.237.